The Bertz CT molecular complexity index is 356. The van der Waals surface area contributed by atoms with Crippen molar-refractivity contribution in [2.45, 2.75) is 33.2 Å². The van der Waals surface area contributed by atoms with Gasteiger partial charge in [0.2, 0.25) is 0 Å². The van der Waals surface area contributed by atoms with E-state index in [2.05, 4.69) is 30.9 Å². The summed E-state index contributed by atoms with van der Waals surface area (Å²) < 4.78 is 0. The minimum atomic E-state index is 0.917. The Balaban J connectivity index is 2.02. The molecule has 88 valence electrons. The molecule has 1 aromatic rings. The Kier molecular flexibility index (Phi) is 3.49. The van der Waals surface area contributed by atoms with E-state index in [9.17, 15) is 0 Å². The van der Waals surface area contributed by atoms with E-state index < -0.39 is 0 Å². The predicted molar refractivity (Wildman–Crippen MR) is 69.3 cm³/mol. The summed E-state index contributed by atoms with van der Waals surface area (Å²) >= 11 is 0. The first-order valence-corrected chi connectivity index (χ1v) is 6.27. The summed E-state index contributed by atoms with van der Waals surface area (Å²) in [6.07, 6.45) is 2.85. The fourth-order valence-electron chi connectivity index (χ4n) is 2.09. The molecule has 2 nitrogen and oxygen atoms in total. The van der Waals surface area contributed by atoms with Crippen molar-refractivity contribution in [2.24, 2.45) is 5.92 Å². The van der Waals surface area contributed by atoms with Crippen LogP contribution in [0.15, 0.2) is 18.2 Å². The molecular formula is C14H22N2. The normalized spacial score (nSPS) is 15.7. The van der Waals surface area contributed by atoms with Crippen LogP contribution in [-0.4, -0.2) is 18.0 Å². The zero-order valence-corrected chi connectivity index (χ0v) is 10.4. The molecule has 1 aromatic carbocycles. The molecule has 2 rings (SSSR count). The summed E-state index contributed by atoms with van der Waals surface area (Å²) in [6.45, 7) is 7.79. The summed E-state index contributed by atoms with van der Waals surface area (Å²) in [5, 5.41) is 0. The highest BCUT2D eigenvalue weighted by atomic mass is 15.1. The average molecular weight is 218 g/mol. The van der Waals surface area contributed by atoms with Crippen LogP contribution in [-0.2, 0) is 6.54 Å². The fraction of sp³-hybridized carbons (Fsp3) is 0.571. The topological polar surface area (TPSA) is 29.3 Å². The first-order chi connectivity index (χ1) is 7.70. The zero-order valence-electron chi connectivity index (χ0n) is 10.4. The minimum absolute atomic E-state index is 0.917. The van der Waals surface area contributed by atoms with E-state index in [1.54, 1.807) is 0 Å². The smallest absolute Gasteiger partial charge is 0.0346 e. The molecular weight excluding hydrogens is 196 g/mol. The minimum Gasteiger partial charge on any atom is -0.399 e. The molecule has 0 unspecified atom stereocenters. The lowest BCUT2D eigenvalue weighted by Gasteiger charge is -2.21. The Morgan fingerprint density at radius 3 is 2.75 bits per heavy atom. The lowest BCUT2D eigenvalue weighted by Crippen LogP contribution is -2.25. The van der Waals surface area contributed by atoms with Gasteiger partial charge in [-0.15, -0.1) is 0 Å². The third-order valence-corrected chi connectivity index (χ3v) is 3.54. The van der Waals surface area contributed by atoms with Gasteiger partial charge in [-0.2, -0.15) is 0 Å². The third-order valence-electron chi connectivity index (χ3n) is 3.54. The molecule has 1 aliphatic rings. The molecule has 0 aliphatic heterocycles. The third kappa shape index (κ3) is 2.76. The highest BCUT2D eigenvalue weighted by Crippen LogP contribution is 2.30. The van der Waals surface area contributed by atoms with Crippen molar-refractivity contribution in [2.75, 3.05) is 18.8 Å². The van der Waals surface area contributed by atoms with Gasteiger partial charge in [-0.25, -0.2) is 0 Å². The molecule has 0 amide bonds. The number of nitrogens with two attached hydrogens (primary N) is 1. The van der Waals surface area contributed by atoms with Gasteiger partial charge < -0.3 is 5.73 Å². The van der Waals surface area contributed by atoms with Crippen LogP contribution in [0.5, 0.6) is 0 Å². The summed E-state index contributed by atoms with van der Waals surface area (Å²) in [4.78, 5) is 2.53. The van der Waals surface area contributed by atoms with Crippen LogP contribution >= 0.6 is 0 Å². The molecule has 1 aliphatic carbocycles. The standard InChI is InChI=1S/C14H22N2/c1-3-16(9-12-7-8-12)10-13-5-4-6-14(15)11(13)2/h4-6,12H,3,7-10,15H2,1-2H3. The van der Waals surface area contributed by atoms with Crippen LogP contribution in [0.3, 0.4) is 0 Å². The molecule has 0 atom stereocenters. The Morgan fingerprint density at radius 2 is 2.12 bits per heavy atom. The second-order valence-corrected chi connectivity index (χ2v) is 4.90. The number of rotatable bonds is 5. The molecule has 0 bridgehead atoms. The number of benzene rings is 1. The number of hydrogen-bond donors (Lipinski definition) is 1. The fourth-order valence-corrected chi connectivity index (χ4v) is 2.09. The Morgan fingerprint density at radius 1 is 1.38 bits per heavy atom. The Labute approximate surface area is 98.4 Å². The first kappa shape index (κ1) is 11.5. The largest absolute Gasteiger partial charge is 0.399 e. The maximum Gasteiger partial charge on any atom is 0.0346 e. The quantitative estimate of drug-likeness (QED) is 0.770. The van der Waals surface area contributed by atoms with Crippen molar-refractivity contribution >= 4 is 5.69 Å². The van der Waals surface area contributed by atoms with Crippen molar-refractivity contribution < 1.29 is 0 Å². The van der Waals surface area contributed by atoms with E-state index in [1.807, 2.05) is 6.07 Å². The van der Waals surface area contributed by atoms with Crippen molar-refractivity contribution in [3.63, 3.8) is 0 Å². The highest BCUT2D eigenvalue weighted by molar-refractivity contribution is 5.49. The molecule has 1 fully saturated rings. The van der Waals surface area contributed by atoms with Crippen LogP contribution in [0.1, 0.15) is 30.9 Å². The first-order valence-electron chi connectivity index (χ1n) is 6.27. The van der Waals surface area contributed by atoms with Gasteiger partial charge in [0.1, 0.15) is 0 Å². The molecule has 0 saturated heterocycles. The van der Waals surface area contributed by atoms with E-state index in [-0.39, 0.29) is 0 Å². The average Bonchev–Trinajstić information content (AvgIpc) is 3.07. The van der Waals surface area contributed by atoms with Crippen molar-refractivity contribution in [1.29, 1.82) is 0 Å². The van der Waals surface area contributed by atoms with Gasteiger partial charge in [0.15, 0.2) is 0 Å². The molecule has 0 aromatic heterocycles. The van der Waals surface area contributed by atoms with Gasteiger partial charge in [-0.05, 0) is 49.4 Å². The lowest BCUT2D eigenvalue weighted by atomic mass is 10.1. The molecule has 2 heteroatoms. The van der Waals surface area contributed by atoms with E-state index in [0.29, 0.717) is 0 Å². The number of nitrogens with zero attached hydrogens (tertiary/aromatic N) is 1. The molecule has 1 saturated carbocycles. The van der Waals surface area contributed by atoms with E-state index in [0.717, 1.165) is 24.7 Å². The second-order valence-electron chi connectivity index (χ2n) is 4.90. The lowest BCUT2D eigenvalue weighted by molar-refractivity contribution is 0.268. The molecule has 0 radical (unpaired) electrons. The van der Waals surface area contributed by atoms with Crippen LogP contribution < -0.4 is 5.73 Å². The monoisotopic (exact) mass is 218 g/mol. The highest BCUT2D eigenvalue weighted by Gasteiger charge is 2.23. The van der Waals surface area contributed by atoms with Crippen LogP contribution in [0, 0.1) is 12.8 Å². The summed E-state index contributed by atoms with van der Waals surface area (Å²) in [7, 11) is 0. The van der Waals surface area contributed by atoms with Gasteiger partial charge >= 0.3 is 0 Å². The van der Waals surface area contributed by atoms with E-state index in [1.165, 1.54) is 30.5 Å². The van der Waals surface area contributed by atoms with Crippen molar-refractivity contribution in [3.8, 4) is 0 Å². The van der Waals surface area contributed by atoms with Crippen LogP contribution in [0.25, 0.3) is 0 Å². The summed E-state index contributed by atoms with van der Waals surface area (Å²) in [5.74, 6) is 0.960. The zero-order chi connectivity index (χ0) is 11.5. The van der Waals surface area contributed by atoms with Crippen LogP contribution in [0.4, 0.5) is 5.69 Å². The number of anilines is 1. The van der Waals surface area contributed by atoms with Crippen LogP contribution in [0.2, 0.25) is 0 Å². The number of nitrogen functional groups attached to an aromatic ring is 1. The van der Waals surface area contributed by atoms with E-state index >= 15 is 0 Å². The molecule has 0 heterocycles. The number of hydrogen-bond acceptors (Lipinski definition) is 2. The molecule has 16 heavy (non-hydrogen) atoms. The van der Waals surface area contributed by atoms with Gasteiger partial charge in [-0.1, -0.05) is 19.1 Å². The Hall–Kier alpha value is -1.02. The maximum absolute atomic E-state index is 5.93. The van der Waals surface area contributed by atoms with E-state index in [4.69, 9.17) is 5.73 Å². The predicted octanol–water partition coefficient (Wildman–Crippen LogP) is 2.81. The van der Waals surface area contributed by atoms with Crippen molar-refractivity contribution in [3.05, 3.63) is 29.3 Å². The summed E-state index contributed by atoms with van der Waals surface area (Å²) in [6, 6.07) is 6.24. The van der Waals surface area contributed by atoms with Gasteiger partial charge in [0.05, 0.1) is 0 Å². The molecule has 2 N–H and O–H groups in total. The van der Waals surface area contributed by atoms with Gasteiger partial charge in [-0.3, -0.25) is 4.90 Å². The second kappa shape index (κ2) is 4.88. The summed E-state index contributed by atoms with van der Waals surface area (Å²) in [5.41, 5.74) is 9.47. The SMILES string of the molecule is CCN(Cc1cccc(N)c1C)CC1CC1. The van der Waals surface area contributed by atoms with Crippen molar-refractivity contribution in [1.82, 2.24) is 4.90 Å². The maximum atomic E-state index is 5.93. The van der Waals surface area contributed by atoms with Gasteiger partial charge in [0, 0.05) is 18.8 Å². The van der Waals surface area contributed by atoms with Gasteiger partial charge in [0.25, 0.3) is 0 Å². The molecule has 0 spiro atoms.